The minimum atomic E-state index is -4.45. The summed E-state index contributed by atoms with van der Waals surface area (Å²) in [6.07, 6.45) is 1.33. The normalized spacial score (nSPS) is 20.0. The van der Waals surface area contributed by atoms with E-state index >= 15 is 0 Å². The minimum absolute atomic E-state index is 0.0824. The molecule has 3 aromatic rings. The summed E-state index contributed by atoms with van der Waals surface area (Å²) in [7, 11) is 1.76. The molecule has 5 rings (SSSR count). The SMILES string of the molecule is COC1CCC(c2ccc(Oc3ccc(C(=O)N4CCN(Cc5ccc(C(F)(F)F)nc5)CC4)cc3)c(CO)c2)CC1. The Morgan fingerprint density at radius 2 is 1.69 bits per heavy atom. The highest BCUT2D eigenvalue weighted by Gasteiger charge is 2.32. The number of piperazine rings is 1. The first-order chi connectivity index (χ1) is 20.2. The Morgan fingerprint density at radius 1 is 0.976 bits per heavy atom. The molecule has 1 N–H and O–H groups in total. The number of benzene rings is 2. The van der Waals surface area contributed by atoms with Gasteiger partial charge in [0.25, 0.3) is 5.91 Å². The molecule has 0 atom stereocenters. The average Bonchev–Trinajstić information content (AvgIpc) is 3.01. The molecule has 1 amide bonds. The first-order valence-corrected chi connectivity index (χ1v) is 14.3. The molecule has 224 valence electrons. The topological polar surface area (TPSA) is 75.1 Å². The van der Waals surface area contributed by atoms with Crippen LogP contribution in [0.1, 0.15) is 64.3 Å². The van der Waals surface area contributed by atoms with Crippen molar-refractivity contribution < 1.29 is 32.5 Å². The van der Waals surface area contributed by atoms with E-state index in [4.69, 9.17) is 9.47 Å². The molecule has 0 radical (unpaired) electrons. The maximum absolute atomic E-state index is 13.1. The van der Waals surface area contributed by atoms with Gasteiger partial charge in [-0.05, 0) is 85.2 Å². The molecule has 1 aliphatic heterocycles. The summed E-state index contributed by atoms with van der Waals surface area (Å²) in [6.45, 7) is 2.61. The molecular formula is C32H36F3N3O4. The van der Waals surface area contributed by atoms with E-state index in [0.717, 1.165) is 37.3 Å². The Bertz CT molecular complexity index is 1330. The molecule has 7 nitrogen and oxygen atoms in total. The molecule has 2 aromatic carbocycles. The van der Waals surface area contributed by atoms with Crippen molar-refractivity contribution in [3.8, 4) is 11.5 Å². The number of aliphatic hydroxyl groups excluding tert-OH is 1. The highest BCUT2D eigenvalue weighted by molar-refractivity contribution is 5.94. The number of methoxy groups -OCH3 is 1. The molecule has 2 aliphatic rings. The van der Waals surface area contributed by atoms with E-state index in [0.29, 0.717) is 67.4 Å². The van der Waals surface area contributed by atoms with E-state index in [1.807, 2.05) is 12.1 Å². The zero-order valence-electron chi connectivity index (χ0n) is 23.6. The van der Waals surface area contributed by atoms with Crippen LogP contribution in [0.5, 0.6) is 11.5 Å². The van der Waals surface area contributed by atoms with Crippen molar-refractivity contribution in [3.05, 3.63) is 88.7 Å². The smallest absolute Gasteiger partial charge is 0.433 e. The van der Waals surface area contributed by atoms with E-state index in [1.165, 1.54) is 17.8 Å². The van der Waals surface area contributed by atoms with Gasteiger partial charge in [0, 0.05) is 57.2 Å². The minimum Gasteiger partial charge on any atom is -0.457 e. The summed E-state index contributed by atoms with van der Waals surface area (Å²) in [4.78, 5) is 20.5. The lowest BCUT2D eigenvalue weighted by Gasteiger charge is -2.34. The van der Waals surface area contributed by atoms with Crippen LogP contribution in [0, 0.1) is 0 Å². The number of halogens is 3. The van der Waals surface area contributed by atoms with E-state index in [1.54, 1.807) is 36.3 Å². The van der Waals surface area contributed by atoms with E-state index in [9.17, 15) is 23.1 Å². The predicted molar refractivity (Wildman–Crippen MR) is 151 cm³/mol. The molecule has 2 fully saturated rings. The zero-order valence-corrected chi connectivity index (χ0v) is 23.6. The van der Waals surface area contributed by atoms with Crippen LogP contribution in [0.25, 0.3) is 0 Å². The summed E-state index contributed by atoms with van der Waals surface area (Å²) in [5.74, 6) is 1.53. The molecule has 2 heterocycles. The van der Waals surface area contributed by atoms with Crippen LogP contribution in [0.2, 0.25) is 0 Å². The van der Waals surface area contributed by atoms with Gasteiger partial charge in [-0.2, -0.15) is 13.2 Å². The summed E-state index contributed by atoms with van der Waals surface area (Å²) in [6, 6.07) is 15.4. The number of ether oxygens (including phenoxy) is 2. The Kier molecular flexibility index (Phi) is 9.45. The standard InChI is InChI=1S/C32H36F3N3O4/c1-41-27-8-3-23(4-9-27)25-7-12-29(26(18-25)21-39)42-28-10-5-24(6-11-28)31(40)38-16-14-37(15-17-38)20-22-2-13-30(36-19-22)32(33,34)35/h2,5-7,10-13,18-19,23,27,39H,3-4,8-9,14-17,20-21H2,1H3. The van der Waals surface area contributed by atoms with E-state index in [2.05, 4.69) is 16.0 Å². The highest BCUT2D eigenvalue weighted by Crippen LogP contribution is 2.36. The number of aromatic nitrogens is 1. The molecule has 1 saturated heterocycles. The summed E-state index contributed by atoms with van der Waals surface area (Å²) in [5, 5.41) is 10.0. The van der Waals surface area contributed by atoms with Crippen molar-refractivity contribution in [3.63, 3.8) is 0 Å². The van der Waals surface area contributed by atoms with Crippen LogP contribution in [0.4, 0.5) is 13.2 Å². The number of rotatable bonds is 8. The van der Waals surface area contributed by atoms with Gasteiger partial charge in [-0.3, -0.25) is 14.7 Å². The van der Waals surface area contributed by atoms with Gasteiger partial charge >= 0.3 is 6.18 Å². The van der Waals surface area contributed by atoms with Gasteiger partial charge in [-0.1, -0.05) is 12.1 Å². The summed E-state index contributed by atoms with van der Waals surface area (Å²) >= 11 is 0. The number of amides is 1. The number of carbonyl (C=O) groups excluding carboxylic acids is 1. The maximum atomic E-state index is 13.1. The fourth-order valence-corrected chi connectivity index (χ4v) is 5.74. The van der Waals surface area contributed by atoms with Crippen LogP contribution < -0.4 is 4.74 Å². The third-order valence-corrected chi connectivity index (χ3v) is 8.24. The molecule has 10 heteroatoms. The Hall–Kier alpha value is -3.47. The molecule has 0 bridgehead atoms. The van der Waals surface area contributed by atoms with Gasteiger partial charge in [-0.25, -0.2) is 0 Å². The van der Waals surface area contributed by atoms with Gasteiger partial charge in [0.2, 0.25) is 0 Å². The number of carbonyl (C=O) groups is 1. The van der Waals surface area contributed by atoms with Crippen LogP contribution in [-0.2, 0) is 24.1 Å². The molecule has 1 aromatic heterocycles. The second kappa shape index (κ2) is 13.2. The van der Waals surface area contributed by atoms with Gasteiger partial charge in [0.15, 0.2) is 0 Å². The van der Waals surface area contributed by atoms with E-state index < -0.39 is 11.9 Å². The van der Waals surface area contributed by atoms with Crippen molar-refractivity contribution >= 4 is 5.91 Å². The number of pyridine rings is 1. The molecular weight excluding hydrogens is 547 g/mol. The van der Waals surface area contributed by atoms with Gasteiger partial charge < -0.3 is 19.5 Å². The number of nitrogens with zero attached hydrogens (tertiary/aromatic N) is 3. The lowest BCUT2D eigenvalue weighted by molar-refractivity contribution is -0.141. The fraction of sp³-hybridized carbons (Fsp3) is 0.438. The van der Waals surface area contributed by atoms with Crippen LogP contribution in [0.3, 0.4) is 0 Å². The lowest BCUT2D eigenvalue weighted by atomic mass is 9.82. The molecule has 0 spiro atoms. The first-order valence-electron chi connectivity index (χ1n) is 14.3. The second-order valence-corrected chi connectivity index (χ2v) is 11.0. The molecule has 1 aliphatic carbocycles. The fourth-order valence-electron chi connectivity index (χ4n) is 5.74. The largest absolute Gasteiger partial charge is 0.457 e. The monoisotopic (exact) mass is 583 g/mol. The highest BCUT2D eigenvalue weighted by atomic mass is 19.4. The van der Waals surface area contributed by atoms with Crippen LogP contribution in [-0.4, -0.2) is 65.2 Å². The quantitative estimate of drug-likeness (QED) is 0.350. The number of alkyl halides is 3. The Balaban J connectivity index is 1.13. The zero-order chi connectivity index (χ0) is 29.7. The molecule has 42 heavy (non-hydrogen) atoms. The van der Waals surface area contributed by atoms with Crippen molar-refractivity contribution in [1.82, 2.24) is 14.8 Å². The second-order valence-electron chi connectivity index (χ2n) is 11.0. The Morgan fingerprint density at radius 3 is 2.29 bits per heavy atom. The maximum Gasteiger partial charge on any atom is 0.433 e. The predicted octanol–water partition coefficient (Wildman–Crippen LogP) is 6.02. The van der Waals surface area contributed by atoms with Gasteiger partial charge in [0.05, 0.1) is 12.7 Å². The molecule has 0 unspecified atom stereocenters. The number of hydrogen-bond donors (Lipinski definition) is 1. The van der Waals surface area contributed by atoms with Crippen LogP contribution >= 0.6 is 0 Å². The number of hydrogen-bond acceptors (Lipinski definition) is 6. The third kappa shape index (κ3) is 7.29. The number of aliphatic hydroxyl groups is 1. The van der Waals surface area contributed by atoms with Crippen molar-refractivity contribution in [2.24, 2.45) is 0 Å². The van der Waals surface area contributed by atoms with Crippen molar-refractivity contribution in [1.29, 1.82) is 0 Å². The third-order valence-electron chi connectivity index (χ3n) is 8.24. The van der Waals surface area contributed by atoms with Crippen molar-refractivity contribution in [2.75, 3.05) is 33.3 Å². The van der Waals surface area contributed by atoms with Gasteiger partial charge in [0.1, 0.15) is 17.2 Å². The van der Waals surface area contributed by atoms with Crippen molar-refractivity contribution in [2.45, 2.75) is 57.0 Å². The average molecular weight is 584 g/mol. The lowest BCUT2D eigenvalue weighted by Crippen LogP contribution is -2.48. The Labute approximate surface area is 243 Å². The van der Waals surface area contributed by atoms with Gasteiger partial charge in [-0.15, -0.1) is 0 Å². The molecule has 1 saturated carbocycles. The first kappa shape index (κ1) is 30.0. The summed E-state index contributed by atoms with van der Waals surface area (Å²) in [5.41, 5.74) is 2.28. The summed E-state index contributed by atoms with van der Waals surface area (Å²) < 4.78 is 49.8. The van der Waals surface area contributed by atoms with E-state index in [-0.39, 0.29) is 12.5 Å². The van der Waals surface area contributed by atoms with Crippen LogP contribution in [0.15, 0.2) is 60.8 Å².